The maximum Gasteiger partial charge on any atom is 0.259 e. The van der Waals surface area contributed by atoms with Crippen molar-refractivity contribution in [1.29, 1.82) is 0 Å². The predicted octanol–water partition coefficient (Wildman–Crippen LogP) is 3.92. The van der Waals surface area contributed by atoms with Crippen LogP contribution in [0.2, 0.25) is 0 Å². The number of hydrogen-bond acceptors (Lipinski definition) is 4. The maximum absolute atomic E-state index is 11.9. The van der Waals surface area contributed by atoms with Crippen molar-refractivity contribution in [3.05, 3.63) is 49.5 Å². The summed E-state index contributed by atoms with van der Waals surface area (Å²) in [6.45, 7) is 4.04. The Morgan fingerprint density at radius 3 is 2.95 bits per heavy atom. The lowest BCUT2D eigenvalue weighted by Crippen LogP contribution is -2.09. The first-order chi connectivity index (χ1) is 9.13. The number of aromatic nitrogens is 2. The summed E-state index contributed by atoms with van der Waals surface area (Å²) >= 11 is 3.21. The number of aromatic amines is 1. The molecular weight excluding hydrogens is 276 g/mol. The molecule has 0 aliphatic rings. The van der Waals surface area contributed by atoms with Crippen LogP contribution in [-0.4, -0.2) is 9.97 Å². The summed E-state index contributed by atoms with van der Waals surface area (Å²) in [5.74, 6) is 0.644. The fourth-order valence-corrected chi connectivity index (χ4v) is 3.51. The van der Waals surface area contributed by atoms with E-state index in [1.165, 1.54) is 21.1 Å². The van der Waals surface area contributed by atoms with E-state index in [-0.39, 0.29) is 5.56 Å². The molecule has 0 saturated heterocycles. The highest BCUT2D eigenvalue weighted by atomic mass is 32.1. The van der Waals surface area contributed by atoms with Crippen LogP contribution in [0.3, 0.4) is 0 Å². The minimum Gasteiger partial charge on any atom is -0.306 e. The lowest BCUT2D eigenvalue weighted by molar-refractivity contribution is 1.13. The molecule has 19 heavy (non-hydrogen) atoms. The first kappa shape index (κ1) is 12.3. The molecule has 0 bridgehead atoms. The summed E-state index contributed by atoms with van der Waals surface area (Å²) in [5.41, 5.74) is 0.894. The summed E-state index contributed by atoms with van der Waals surface area (Å²) < 4.78 is 0. The SMILES string of the molecule is C/C(=C\c1ccc(C)s1)c1nc2sccc2c(=O)[nH]1. The van der Waals surface area contributed by atoms with E-state index >= 15 is 0 Å². The fraction of sp³-hybridized carbons (Fsp3) is 0.143. The molecule has 3 rings (SSSR count). The average molecular weight is 288 g/mol. The van der Waals surface area contributed by atoms with Gasteiger partial charge in [0.2, 0.25) is 0 Å². The van der Waals surface area contributed by atoms with E-state index in [2.05, 4.69) is 35.1 Å². The van der Waals surface area contributed by atoms with Gasteiger partial charge in [0.1, 0.15) is 10.7 Å². The van der Waals surface area contributed by atoms with Crippen molar-refractivity contribution in [1.82, 2.24) is 9.97 Å². The first-order valence-corrected chi connectivity index (χ1v) is 7.56. The molecule has 3 heterocycles. The lowest BCUT2D eigenvalue weighted by Gasteiger charge is -2.00. The number of rotatable bonds is 2. The van der Waals surface area contributed by atoms with Crippen molar-refractivity contribution in [2.24, 2.45) is 0 Å². The van der Waals surface area contributed by atoms with E-state index in [0.29, 0.717) is 11.2 Å². The Kier molecular flexibility index (Phi) is 3.08. The van der Waals surface area contributed by atoms with Gasteiger partial charge in [0.25, 0.3) is 5.56 Å². The molecule has 0 radical (unpaired) electrons. The molecule has 0 aromatic carbocycles. The van der Waals surface area contributed by atoms with Crippen molar-refractivity contribution < 1.29 is 0 Å². The van der Waals surface area contributed by atoms with E-state index in [4.69, 9.17) is 0 Å². The number of aryl methyl sites for hydroxylation is 1. The van der Waals surface area contributed by atoms with Crippen LogP contribution in [0.1, 0.15) is 22.5 Å². The third-order valence-corrected chi connectivity index (χ3v) is 4.58. The zero-order valence-corrected chi connectivity index (χ0v) is 12.2. The van der Waals surface area contributed by atoms with E-state index in [1.807, 2.05) is 12.3 Å². The molecule has 5 heteroatoms. The summed E-state index contributed by atoms with van der Waals surface area (Å²) in [6.07, 6.45) is 2.05. The normalized spacial score (nSPS) is 12.2. The average Bonchev–Trinajstić information content (AvgIpc) is 2.98. The van der Waals surface area contributed by atoms with Gasteiger partial charge in [-0.25, -0.2) is 4.98 Å². The van der Waals surface area contributed by atoms with Crippen LogP contribution in [0.5, 0.6) is 0 Å². The van der Waals surface area contributed by atoms with Crippen LogP contribution < -0.4 is 5.56 Å². The number of fused-ring (bicyclic) bond motifs is 1. The van der Waals surface area contributed by atoms with Crippen LogP contribution in [-0.2, 0) is 0 Å². The Morgan fingerprint density at radius 1 is 1.37 bits per heavy atom. The predicted molar refractivity (Wildman–Crippen MR) is 82.8 cm³/mol. The Hall–Kier alpha value is -1.72. The Labute approximate surface area is 118 Å². The van der Waals surface area contributed by atoms with Gasteiger partial charge in [-0.2, -0.15) is 0 Å². The standard InChI is InChI=1S/C14H12N2OS2/c1-8(7-10-4-3-9(2)19-10)12-15-13(17)11-5-6-18-14(11)16-12/h3-7H,1-2H3,(H,15,16,17)/b8-7+. The zero-order chi connectivity index (χ0) is 13.4. The molecule has 0 amide bonds. The van der Waals surface area contributed by atoms with E-state index in [0.717, 1.165) is 10.4 Å². The molecule has 3 nitrogen and oxygen atoms in total. The summed E-state index contributed by atoms with van der Waals surface area (Å²) in [7, 11) is 0. The van der Waals surface area contributed by atoms with Crippen molar-refractivity contribution in [2.45, 2.75) is 13.8 Å². The molecule has 1 N–H and O–H groups in total. The van der Waals surface area contributed by atoms with Crippen LogP contribution in [0.15, 0.2) is 28.4 Å². The highest BCUT2D eigenvalue weighted by Crippen LogP contribution is 2.22. The largest absolute Gasteiger partial charge is 0.306 e. The zero-order valence-electron chi connectivity index (χ0n) is 10.6. The summed E-state index contributed by atoms with van der Waals surface area (Å²) in [5, 5.41) is 2.55. The van der Waals surface area contributed by atoms with E-state index in [1.54, 1.807) is 17.4 Å². The Morgan fingerprint density at radius 2 is 2.21 bits per heavy atom. The molecule has 0 atom stereocenters. The number of hydrogen-bond donors (Lipinski definition) is 1. The van der Waals surface area contributed by atoms with E-state index < -0.39 is 0 Å². The molecule has 96 valence electrons. The molecule has 0 fully saturated rings. The molecule has 0 unspecified atom stereocenters. The first-order valence-electron chi connectivity index (χ1n) is 5.86. The number of nitrogens with one attached hydrogen (secondary N) is 1. The molecular formula is C14H12N2OS2. The lowest BCUT2D eigenvalue weighted by atomic mass is 10.2. The van der Waals surface area contributed by atoms with Crippen molar-refractivity contribution in [3.63, 3.8) is 0 Å². The van der Waals surface area contributed by atoms with E-state index in [9.17, 15) is 4.79 Å². The summed E-state index contributed by atoms with van der Waals surface area (Å²) in [4.78, 5) is 22.5. The second-order valence-electron chi connectivity index (χ2n) is 4.33. The minimum atomic E-state index is -0.0728. The number of thiophene rings is 2. The van der Waals surface area contributed by atoms with Gasteiger partial charge in [-0.3, -0.25) is 4.79 Å². The van der Waals surface area contributed by atoms with Gasteiger partial charge in [0, 0.05) is 9.75 Å². The third-order valence-electron chi connectivity index (χ3n) is 2.83. The van der Waals surface area contributed by atoms with Crippen LogP contribution in [0.4, 0.5) is 0 Å². The van der Waals surface area contributed by atoms with Crippen molar-refractivity contribution >= 4 is 44.5 Å². The third kappa shape index (κ3) is 2.39. The van der Waals surface area contributed by atoms with Crippen molar-refractivity contribution in [3.8, 4) is 0 Å². The maximum atomic E-state index is 11.9. The minimum absolute atomic E-state index is 0.0728. The molecule has 0 aliphatic heterocycles. The second kappa shape index (κ2) is 4.75. The van der Waals surface area contributed by atoms with Gasteiger partial charge in [-0.05, 0) is 49.1 Å². The van der Waals surface area contributed by atoms with Gasteiger partial charge in [0.05, 0.1) is 5.39 Å². The number of allylic oxidation sites excluding steroid dienone is 1. The van der Waals surface area contributed by atoms with Gasteiger partial charge < -0.3 is 4.98 Å². The topological polar surface area (TPSA) is 45.8 Å². The molecule has 0 aliphatic carbocycles. The fourth-order valence-electron chi connectivity index (χ4n) is 1.86. The quantitative estimate of drug-likeness (QED) is 0.777. The van der Waals surface area contributed by atoms with Crippen molar-refractivity contribution in [2.75, 3.05) is 0 Å². The molecule has 3 aromatic rings. The van der Waals surface area contributed by atoms with Crippen LogP contribution in [0.25, 0.3) is 21.9 Å². The number of nitrogens with zero attached hydrogens (tertiary/aromatic N) is 1. The van der Waals surface area contributed by atoms with Gasteiger partial charge >= 0.3 is 0 Å². The Balaban J connectivity index is 2.08. The monoisotopic (exact) mass is 288 g/mol. The van der Waals surface area contributed by atoms with Gasteiger partial charge in [0.15, 0.2) is 0 Å². The smallest absolute Gasteiger partial charge is 0.259 e. The van der Waals surface area contributed by atoms with Gasteiger partial charge in [-0.15, -0.1) is 22.7 Å². The Bertz CT molecular complexity index is 823. The van der Waals surface area contributed by atoms with Crippen LogP contribution in [0, 0.1) is 6.92 Å². The van der Waals surface area contributed by atoms with Gasteiger partial charge in [-0.1, -0.05) is 0 Å². The summed E-state index contributed by atoms with van der Waals surface area (Å²) in [6, 6.07) is 5.96. The molecule has 0 spiro atoms. The molecule has 0 saturated carbocycles. The highest BCUT2D eigenvalue weighted by molar-refractivity contribution is 7.16. The van der Waals surface area contributed by atoms with Crippen LogP contribution >= 0.6 is 22.7 Å². The molecule has 3 aromatic heterocycles. The second-order valence-corrected chi connectivity index (χ2v) is 6.54. The highest BCUT2D eigenvalue weighted by Gasteiger charge is 2.06. The number of H-pyrrole nitrogens is 1.